The smallest absolute Gasteiger partial charge is 0.260 e. The molecule has 1 fully saturated rings. The van der Waals surface area contributed by atoms with Gasteiger partial charge in [-0.15, -0.1) is 0 Å². The zero-order chi connectivity index (χ0) is 11.3. The molecule has 0 bridgehead atoms. The van der Waals surface area contributed by atoms with Crippen LogP contribution in [0.4, 0.5) is 13.2 Å². The zero-order valence-electron chi connectivity index (χ0n) is 8.39. The van der Waals surface area contributed by atoms with Crippen molar-refractivity contribution in [1.29, 1.82) is 0 Å². The molecule has 1 aliphatic rings. The van der Waals surface area contributed by atoms with E-state index in [0.29, 0.717) is 5.92 Å². The van der Waals surface area contributed by atoms with Crippen molar-refractivity contribution in [2.45, 2.75) is 25.4 Å². The van der Waals surface area contributed by atoms with E-state index in [9.17, 15) is 17.4 Å². The lowest BCUT2D eigenvalue weighted by Gasteiger charge is -2.20. The van der Waals surface area contributed by atoms with Gasteiger partial charge in [0, 0.05) is 28.1 Å². The molecule has 15 heavy (non-hydrogen) atoms. The summed E-state index contributed by atoms with van der Waals surface area (Å²) in [5, 5.41) is 0. The normalized spacial score (nSPS) is 27.9. The summed E-state index contributed by atoms with van der Waals surface area (Å²) in [5.41, 5.74) is 0. The van der Waals surface area contributed by atoms with Crippen LogP contribution in [0.25, 0.3) is 0 Å². The summed E-state index contributed by atoms with van der Waals surface area (Å²) < 4.78 is 46.5. The fourth-order valence-electron chi connectivity index (χ4n) is 1.45. The fraction of sp³-hybridized carbons (Fsp3) is 1.00. The van der Waals surface area contributed by atoms with Crippen LogP contribution in [0.15, 0.2) is 0 Å². The highest BCUT2D eigenvalue weighted by Crippen LogP contribution is 2.25. The minimum Gasteiger partial charge on any atom is -0.260 e. The fourth-order valence-corrected chi connectivity index (χ4v) is 4.05. The van der Waals surface area contributed by atoms with Crippen molar-refractivity contribution in [3.05, 3.63) is 0 Å². The highest BCUT2D eigenvalue weighted by Gasteiger charge is 2.26. The van der Waals surface area contributed by atoms with Crippen molar-refractivity contribution in [3.8, 4) is 0 Å². The van der Waals surface area contributed by atoms with Gasteiger partial charge in [-0.05, 0) is 24.5 Å². The third kappa shape index (κ3) is 6.45. The Balaban J connectivity index is 2.03. The lowest BCUT2D eigenvalue weighted by molar-refractivity contribution is -0.129. The number of thioether (sulfide) groups is 1. The van der Waals surface area contributed by atoms with E-state index < -0.39 is 23.4 Å². The van der Waals surface area contributed by atoms with E-state index in [1.165, 1.54) is 11.8 Å². The highest BCUT2D eigenvalue weighted by molar-refractivity contribution is 7.99. The monoisotopic (exact) mass is 260 g/mol. The quantitative estimate of drug-likeness (QED) is 0.723. The van der Waals surface area contributed by atoms with Crippen molar-refractivity contribution >= 4 is 22.6 Å². The average molecular weight is 260 g/mol. The van der Waals surface area contributed by atoms with E-state index in [2.05, 4.69) is 0 Å². The van der Waals surface area contributed by atoms with Gasteiger partial charge in [-0.2, -0.15) is 24.9 Å². The molecule has 1 heterocycles. The first-order chi connectivity index (χ1) is 6.97. The Morgan fingerprint density at radius 2 is 1.87 bits per heavy atom. The predicted octanol–water partition coefficient (Wildman–Crippen LogP) is 2.83. The van der Waals surface area contributed by atoms with Crippen LogP contribution >= 0.6 is 11.8 Å². The van der Waals surface area contributed by atoms with Crippen molar-refractivity contribution in [3.63, 3.8) is 0 Å². The van der Waals surface area contributed by atoms with E-state index >= 15 is 0 Å². The Morgan fingerprint density at radius 3 is 2.40 bits per heavy atom. The van der Waals surface area contributed by atoms with Crippen LogP contribution < -0.4 is 0 Å². The van der Waals surface area contributed by atoms with Crippen LogP contribution in [0, 0.1) is 5.92 Å². The molecule has 1 saturated heterocycles. The molecule has 1 nitrogen and oxygen atoms in total. The largest absolute Gasteiger partial charge is 0.389 e. The number of hydrogen-bond acceptors (Lipinski definition) is 2. The van der Waals surface area contributed by atoms with E-state index in [1.54, 1.807) is 0 Å². The Kier molecular flexibility index (Phi) is 5.46. The summed E-state index contributed by atoms with van der Waals surface area (Å²) in [7, 11) is -0.672. The van der Waals surface area contributed by atoms with Crippen molar-refractivity contribution in [2.24, 2.45) is 5.92 Å². The molecule has 0 saturated carbocycles. The Labute approximate surface area is 94.6 Å². The van der Waals surface area contributed by atoms with Gasteiger partial charge in [0.05, 0.1) is 6.42 Å². The first-order valence-electron chi connectivity index (χ1n) is 4.97. The number of rotatable bonds is 4. The molecule has 1 aliphatic heterocycles. The summed E-state index contributed by atoms with van der Waals surface area (Å²) in [6, 6.07) is 0. The molecule has 0 aromatic heterocycles. The third-order valence-corrected chi connectivity index (χ3v) is 4.97. The van der Waals surface area contributed by atoms with Crippen molar-refractivity contribution < 1.29 is 17.4 Å². The van der Waals surface area contributed by atoms with Gasteiger partial charge in [0.15, 0.2) is 0 Å². The molecule has 0 N–H and O–H groups in total. The molecule has 0 aromatic carbocycles. The first-order valence-corrected chi connectivity index (χ1v) is 7.61. The second-order valence-electron chi connectivity index (χ2n) is 3.73. The first kappa shape index (κ1) is 13.4. The van der Waals surface area contributed by atoms with Crippen LogP contribution in [0.5, 0.6) is 0 Å². The molecule has 0 aliphatic carbocycles. The molecule has 0 spiro atoms. The van der Waals surface area contributed by atoms with Gasteiger partial charge in [0.2, 0.25) is 0 Å². The van der Waals surface area contributed by atoms with Crippen LogP contribution in [-0.2, 0) is 10.8 Å². The summed E-state index contributed by atoms with van der Waals surface area (Å²) in [6.45, 7) is 0. The Morgan fingerprint density at radius 1 is 1.27 bits per heavy atom. The lowest BCUT2D eigenvalue weighted by Crippen LogP contribution is -2.20. The van der Waals surface area contributed by atoms with Gasteiger partial charge in [-0.3, -0.25) is 4.21 Å². The summed E-state index contributed by atoms with van der Waals surface area (Å²) in [5.74, 6) is 2.87. The second kappa shape index (κ2) is 6.13. The van der Waals surface area contributed by atoms with Crippen LogP contribution in [0.3, 0.4) is 0 Å². The topological polar surface area (TPSA) is 17.1 Å². The SMILES string of the molecule is O=S1CCC(CSCCC(F)(F)F)CC1. The van der Waals surface area contributed by atoms with Gasteiger partial charge < -0.3 is 0 Å². The molecule has 90 valence electrons. The summed E-state index contributed by atoms with van der Waals surface area (Å²) in [6.07, 6.45) is -2.91. The van der Waals surface area contributed by atoms with Crippen LogP contribution in [-0.4, -0.2) is 33.4 Å². The van der Waals surface area contributed by atoms with Gasteiger partial charge in [-0.1, -0.05) is 0 Å². The molecule has 6 heteroatoms. The molecule has 0 aromatic rings. The van der Waals surface area contributed by atoms with Crippen LogP contribution in [0.2, 0.25) is 0 Å². The molecule has 1 rings (SSSR count). The molecule has 0 radical (unpaired) electrons. The third-order valence-electron chi connectivity index (χ3n) is 2.39. The van der Waals surface area contributed by atoms with Gasteiger partial charge >= 0.3 is 6.18 Å². The Hall–Kier alpha value is 0.290. The lowest BCUT2D eigenvalue weighted by atomic mass is 10.1. The van der Waals surface area contributed by atoms with Crippen molar-refractivity contribution in [1.82, 2.24) is 0 Å². The van der Waals surface area contributed by atoms with Gasteiger partial charge in [-0.25, -0.2) is 0 Å². The number of hydrogen-bond donors (Lipinski definition) is 0. The average Bonchev–Trinajstić information content (AvgIpc) is 2.14. The Bertz CT molecular complexity index is 208. The van der Waals surface area contributed by atoms with Crippen LogP contribution in [0.1, 0.15) is 19.3 Å². The minimum atomic E-state index is -4.03. The predicted molar refractivity (Wildman–Crippen MR) is 58.6 cm³/mol. The maximum Gasteiger partial charge on any atom is 0.389 e. The zero-order valence-corrected chi connectivity index (χ0v) is 10.0. The van der Waals surface area contributed by atoms with Crippen molar-refractivity contribution in [2.75, 3.05) is 23.0 Å². The molecule has 0 unspecified atom stereocenters. The maximum atomic E-state index is 11.8. The summed E-state index contributed by atoms with van der Waals surface area (Å²) in [4.78, 5) is 0. The number of alkyl halides is 3. The highest BCUT2D eigenvalue weighted by atomic mass is 32.2. The van der Waals surface area contributed by atoms with Gasteiger partial charge in [0.25, 0.3) is 0 Å². The molecule has 0 atom stereocenters. The van der Waals surface area contributed by atoms with E-state index in [-0.39, 0.29) is 5.75 Å². The molecular formula is C9H15F3OS2. The second-order valence-corrected chi connectivity index (χ2v) is 6.58. The molecule has 0 amide bonds. The van der Waals surface area contributed by atoms with E-state index in [4.69, 9.17) is 0 Å². The summed E-state index contributed by atoms with van der Waals surface area (Å²) >= 11 is 1.37. The van der Waals surface area contributed by atoms with E-state index in [1.807, 2.05) is 0 Å². The minimum absolute atomic E-state index is 0.156. The molecular weight excluding hydrogens is 245 g/mol. The standard InChI is InChI=1S/C9H15F3OS2/c10-9(11,12)3-4-14-7-8-1-5-15(13)6-2-8/h8H,1-7H2. The van der Waals surface area contributed by atoms with E-state index in [0.717, 1.165) is 30.1 Å². The van der Waals surface area contributed by atoms with Gasteiger partial charge in [0.1, 0.15) is 0 Å². The maximum absolute atomic E-state index is 11.8. The number of halogens is 3.